The van der Waals surface area contributed by atoms with Crippen molar-refractivity contribution in [2.45, 2.75) is 12.8 Å². The summed E-state index contributed by atoms with van der Waals surface area (Å²) in [4.78, 5) is 2.37. The number of hydrogen-bond acceptors (Lipinski definition) is 2. The zero-order valence-electron chi connectivity index (χ0n) is 13.3. The van der Waals surface area contributed by atoms with Crippen molar-refractivity contribution in [3.63, 3.8) is 0 Å². The maximum atomic E-state index is 5.98. The smallest absolute Gasteiger partial charge is 0.138 e. The molecule has 0 radical (unpaired) electrons. The molecule has 0 amide bonds. The summed E-state index contributed by atoms with van der Waals surface area (Å²) in [6, 6.07) is 20.5. The normalized spacial score (nSPS) is 18.1. The lowest BCUT2D eigenvalue weighted by molar-refractivity contribution is 0.0288. The second kappa shape index (κ2) is 6.81. The molecule has 0 spiro atoms. The summed E-state index contributed by atoms with van der Waals surface area (Å²) in [6.45, 7) is 2.62. The molecule has 3 nitrogen and oxygen atoms in total. The Morgan fingerprint density at radius 1 is 1.00 bits per heavy atom. The Bertz CT molecular complexity index is 798. The van der Waals surface area contributed by atoms with Gasteiger partial charge < -0.3 is 9.30 Å². The van der Waals surface area contributed by atoms with Crippen LogP contribution in [0, 0.1) is 0 Å². The minimum atomic E-state index is 0.0127. The van der Waals surface area contributed by atoms with Crippen LogP contribution in [0.15, 0.2) is 73.1 Å². The summed E-state index contributed by atoms with van der Waals surface area (Å²) in [5.74, 6) is 0. The number of aromatic nitrogens is 1. The van der Waals surface area contributed by atoms with Crippen LogP contribution in [-0.4, -0.2) is 22.6 Å². The van der Waals surface area contributed by atoms with E-state index in [0.29, 0.717) is 0 Å². The van der Waals surface area contributed by atoms with E-state index >= 15 is 0 Å². The minimum absolute atomic E-state index is 0.0127. The fourth-order valence-electron chi connectivity index (χ4n) is 3.12. The van der Waals surface area contributed by atoms with E-state index in [0.717, 1.165) is 30.4 Å². The largest absolute Gasteiger partial charge is 0.357 e. The van der Waals surface area contributed by atoms with E-state index in [1.807, 2.05) is 30.3 Å². The van der Waals surface area contributed by atoms with Gasteiger partial charge in [0.15, 0.2) is 0 Å². The van der Waals surface area contributed by atoms with E-state index in [1.54, 1.807) is 0 Å². The summed E-state index contributed by atoms with van der Waals surface area (Å²) in [5.41, 5.74) is 3.58. The lowest BCUT2D eigenvalue weighted by atomic mass is 10.2. The van der Waals surface area contributed by atoms with E-state index in [9.17, 15) is 0 Å². The summed E-state index contributed by atoms with van der Waals surface area (Å²) >= 11 is 5.97. The van der Waals surface area contributed by atoms with Crippen LogP contribution in [-0.2, 0) is 11.3 Å². The molecule has 0 aliphatic carbocycles. The van der Waals surface area contributed by atoms with Gasteiger partial charge in [-0.3, -0.25) is 4.90 Å². The molecule has 3 aromatic rings. The van der Waals surface area contributed by atoms with Gasteiger partial charge in [0.25, 0.3) is 0 Å². The molecule has 1 atom stereocenters. The summed E-state index contributed by atoms with van der Waals surface area (Å²) in [5, 5.41) is 0.749. The molecule has 1 aromatic heterocycles. The summed E-state index contributed by atoms with van der Waals surface area (Å²) in [6.07, 6.45) is 4.22. The van der Waals surface area contributed by atoms with E-state index in [1.165, 1.54) is 11.1 Å². The van der Waals surface area contributed by atoms with E-state index in [-0.39, 0.29) is 6.23 Å². The Balaban J connectivity index is 1.53. The Morgan fingerprint density at radius 3 is 2.58 bits per heavy atom. The Hall–Kier alpha value is -2.07. The van der Waals surface area contributed by atoms with Crippen molar-refractivity contribution in [1.29, 1.82) is 0 Å². The summed E-state index contributed by atoms with van der Waals surface area (Å²) in [7, 11) is 0. The lowest BCUT2D eigenvalue weighted by Crippen LogP contribution is -2.23. The molecule has 1 aliphatic rings. The van der Waals surface area contributed by atoms with Gasteiger partial charge in [-0.1, -0.05) is 41.9 Å². The van der Waals surface area contributed by atoms with Gasteiger partial charge in [0.1, 0.15) is 6.23 Å². The Labute approximate surface area is 147 Å². The number of halogens is 1. The number of hydrogen-bond donors (Lipinski definition) is 0. The molecule has 0 N–H and O–H groups in total. The maximum Gasteiger partial charge on any atom is 0.138 e. The molecule has 0 bridgehead atoms. The van der Waals surface area contributed by atoms with E-state index in [4.69, 9.17) is 16.3 Å². The highest BCUT2D eigenvalue weighted by molar-refractivity contribution is 6.30. The molecule has 0 saturated carbocycles. The zero-order chi connectivity index (χ0) is 16.4. The van der Waals surface area contributed by atoms with Crippen molar-refractivity contribution >= 4 is 11.6 Å². The molecule has 4 heteroatoms. The highest BCUT2D eigenvalue weighted by atomic mass is 35.5. The maximum absolute atomic E-state index is 5.98. The predicted octanol–water partition coefficient (Wildman–Crippen LogP) is 4.66. The monoisotopic (exact) mass is 338 g/mol. The number of rotatable bonds is 4. The first-order chi connectivity index (χ1) is 11.8. The van der Waals surface area contributed by atoms with E-state index in [2.05, 4.69) is 52.2 Å². The standard InChI is InChI=1S/C20H19ClN2O/c21-18-6-8-19(9-7-18)22-11-10-17(15-22)20-23(12-13-24-20)14-16-4-2-1-3-5-16/h1-11,15,20H,12-14H2/t20-/m0/s1. The first-order valence-electron chi connectivity index (χ1n) is 8.13. The zero-order valence-corrected chi connectivity index (χ0v) is 14.1. The van der Waals surface area contributed by atoms with Gasteiger partial charge in [-0.05, 0) is 35.9 Å². The molecule has 122 valence electrons. The molecule has 2 aromatic carbocycles. The van der Waals surface area contributed by atoms with Crippen LogP contribution in [0.3, 0.4) is 0 Å². The minimum Gasteiger partial charge on any atom is -0.357 e. The van der Waals surface area contributed by atoms with Gasteiger partial charge >= 0.3 is 0 Å². The van der Waals surface area contributed by atoms with Gasteiger partial charge in [-0.2, -0.15) is 0 Å². The van der Waals surface area contributed by atoms with Crippen LogP contribution in [0.2, 0.25) is 5.02 Å². The third-order valence-electron chi connectivity index (χ3n) is 4.34. The van der Waals surface area contributed by atoms with Crippen molar-refractivity contribution in [3.8, 4) is 5.69 Å². The fraction of sp³-hybridized carbons (Fsp3) is 0.200. The third-order valence-corrected chi connectivity index (χ3v) is 4.59. The van der Waals surface area contributed by atoms with Crippen LogP contribution in [0.25, 0.3) is 5.69 Å². The molecule has 2 heterocycles. The topological polar surface area (TPSA) is 17.4 Å². The second-order valence-electron chi connectivity index (χ2n) is 6.01. The van der Waals surface area contributed by atoms with Gasteiger partial charge in [0.05, 0.1) is 6.61 Å². The van der Waals surface area contributed by atoms with Crippen molar-refractivity contribution < 1.29 is 4.74 Å². The quantitative estimate of drug-likeness (QED) is 0.688. The molecule has 0 unspecified atom stereocenters. The van der Waals surface area contributed by atoms with Crippen molar-refractivity contribution in [2.24, 2.45) is 0 Å². The molecular formula is C20H19ClN2O. The fourth-order valence-corrected chi connectivity index (χ4v) is 3.25. The SMILES string of the molecule is Clc1ccc(-n2ccc([C@@H]3OCCN3Cc3ccccc3)c2)cc1. The van der Waals surface area contributed by atoms with E-state index < -0.39 is 0 Å². The first kappa shape index (κ1) is 15.5. The molecular weight excluding hydrogens is 320 g/mol. The molecule has 24 heavy (non-hydrogen) atoms. The second-order valence-corrected chi connectivity index (χ2v) is 6.44. The number of benzene rings is 2. The Kier molecular flexibility index (Phi) is 4.39. The van der Waals surface area contributed by atoms with Crippen LogP contribution < -0.4 is 0 Å². The molecule has 4 rings (SSSR count). The van der Waals surface area contributed by atoms with Crippen LogP contribution >= 0.6 is 11.6 Å². The van der Waals surface area contributed by atoms with Gasteiger partial charge in [-0.25, -0.2) is 0 Å². The molecule has 1 aliphatic heterocycles. The van der Waals surface area contributed by atoms with Crippen molar-refractivity contribution in [1.82, 2.24) is 9.47 Å². The van der Waals surface area contributed by atoms with Crippen LogP contribution in [0.5, 0.6) is 0 Å². The first-order valence-corrected chi connectivity index (χ1v) is 8.51. The third kappa shape index (κ3) is 3.24. The van der Waals surface area contributed by atoms with Crippen molar-refractivity contribution in [2.75, 3.05) is 13.2 Å². The Morgan fingerprint density at radius 2 is 1.79 bits per heavy atom. The summed E-state index contributed by atoms with van der Waals surface area (Å²) < 4.78 is 8.09. The van der Waals surface area contributed by atoms with Crippen molar-refractivity contribution in [3.05, 3.63) is 89.2 Å². The number of ether oxygens (including phenoxy) is 1. The predicted molar refractivity (Wildman–Crippen MR) is 96.3 cm³/mol. The highest BCUT2D eigenvalue weighted by Crippen LogP contribution is 2.29. The number of nitrogens with zero attached hydrogens (tertiary/aromatic N) is 2. The van der Waals surface area contributed by atoms with Gasteiger partial charge in [-0.15, -0.1) is 0 Å². The average molecular weight is 339 g/mol. The molecule has 1 fully saturated rings. The van der Waals surface area contributed by atoms with Crippen LogP contribution in [0.1, 0.15) is 17.4 Å². The van der Waals surface area contributed by atoms with Crippen LogP contribution in [0.4, 0.5) is 0 Å². The highest BCUT2D eigenvalue weighted by Gasteiger charge is 2.27. The molecule has 1 saturated heterocycles. The lowest BCUT2D eigenvalue weighted by Gasteiger charge is -2.22. The average Bonchev–Trinajstić information content (AvgIpc) is 3.25. The van der Waals surface area contributed by atoms with Gasteiger partial charge in [0, 0.05) is 41.8 Å². The van der Waals surface area contributed by atoms with Gasteiger partial charge in [0.2, 0.25) is 0 Å².